The number of rotatable bonds is 3. The van der Waals surface area contributed by atoms with E-state index in [9.17, 15) is 0 Å². The van der Waals surface area contributed by atoms with Gasteiger partial charge in [0, 0.05) is 21.2 Å². The van der Waals surface area contributed by atoms with Crippen LogP contribution in [0.2, 0.25) is 0 Å². The SMILES string of the molecule is NCc1ccc(/C=C/c2cccs2)s1. The van der Waals surface area contributed by atoms with Gasteiger partial charge in [0.25, 0.3) is 0 Å². The molecule has 0 aromatic carbocycles. The zero-order valence-corrected chi connectivity index (χ0v) is 9.28. The Bertz CT molecular complexity index is 412. The summed E-state index contributed by atoms with van der Waals surface area (Å²) in [5.74, 6) is 0. The largest absolute Gasteiger partial charge is 0.326 e. The van der Waals surface area contributed by atoms with Gasteiger partial charge in [0.05, 0.1) is 0 Å². The predicted octanol–water partition coefficient (Wildman–Crippen LogP) is 3.44. The molecule has 0 unspecified atom stereocenters. The van der Waals surface area contributed by atoms with Crippen molar-refractivity contribution in [2.45, 2.75) is 6.54 Å². The van der Waals surface area contributed by atoms with Gasteiger partial charge in [-0.1, -0.05) is 6.07 Å². The minimum Gasteiger partial charge on any atom is -0.326 e. The van der Waals surface area contributed by atoms with E-state index in [0.29, 0.717) is 6.54 Å². The quantitative estimate of drug-likeness (QED) is 0.844. The average molecular weight is 221 g/mol. The predicted molar refractivity (Wildman–Crippen MR) is 65.5 cm³/mol. The Hall–Kier alpha value is -0.900. The third-order valence-electron chi connectivity index (χ3n) is 1.84. The fourth-order valence-electron chi connectivity index (χ4n) is 1.14. The van der Waals surface area contributed by atoms with E-state index < -0.39 is 0 Å². The van der Waals surface area contributed by atoms with Crippen molar-refractivity contribution in [2.24, 2.45) is 5.73 Å². The van der Waals surface area contributed by atoms with E-state index >= 15 is 0 Å². The maximum atomic E-state index is 5.54. The maximum Gasteiger partial charge on any atom is 0.0274 e. The molecule has 0 aliphatic rings. The molecule has 2 rings (SSSR count). The fraction of sp³-hybridized carbons (Fsp3) is 0.0909. The molecule has 2 aromatic rings. The molecule has 0 amide bonds. The molecule has 0 aliphatic carbocycles. The van der Waals surface area contributed by atoms with E-state index in [-0.39, 0.29) is 0 Å². The second-order valence-electron chi connectivity index (χ2n) is 2.86. The van der Waals surface area contributed by atoms with Crippen LogP contribution in [0.1, 0.15) is 14.6 Å². The van der Waals surface area contributed by atoms with E-state index in [0.717, 1.165) is 0 Å². The van der Waals surface area contributed by atoms with Crippen molar-refractivity contribution >= 4 is 34.8 Å². The van der Waals surface area contributed by atoms with Crippen LogP contribution in [-0.4, -0.2) is 0 Å². The molecule has 0 spiro atoms. The van der Waals surface area contributed by atoms with E-state index in [4.69, 9.17) is 5.73 Å². The van der Waals surface area contributed by atoms with Crippen LogP contribution in [0.5, 0.6) is 0 Å². The highest BCUT2D eigenvalue weighted by atomic mass is 32.1. The summed E-state index contributed by atoms with van der Waals surface area (Å²) in [7, 11) is 0. The standard InChI is InChI=1S/C11H11NS2/c12-8-11-6-5-10(14-11)4-3-9-2-1-7-13-9/h1-7H,8,12H2/b4-3+. The van der Waals surface area contributed by atoms with E-state index in [1.54, 1.807) is 22.7 Å². The van der Waals surface area contributed by atoms with Crippen LogP contribution >= 0.6 is 22.7 Å². The van der Waals surface area contributed by atoms with Crippen molar-refractivity contribution in [3.8, 4) is 0 Å². The fourth-order valence-corrected chi connectivity index (χ4v) is 2.56. The highest BCUT2D eigenvalue weighted by Crippen LogP contribution is 2.19. The second-order valence-corrected chi connectivity index (χ2v) is 5.04. The minimum absolute atomic E-state index is 0.636. The van der Waals surface area contributed by atoms with Crippen molar-refractivity contribution in [1.82, 2.24) is 0 Å². The topological polar surface area (TPSA) is 26.0 Å². The lowest BCUT2D eigenvalue weighted by atomic mass is 10.3. The van der Waals surface area contributed by atoms with Crippen LogP contribution < -0.4 is 5.73 Å². The third kappa shape index (κ3) is 2.32. The molecule has 1 nitrogen and oxygen atoms in total. The Labute approximate surface area is 91.5 Å². The van der Waals surface area contributed by atoms with Crippen LogP contribution in [0.3, 0.4) is 0 Å². The summed E-state index contributed by atoms with van der Waals surface area (Å²) >= 11 is 3.50. The van der Waals surface area contributed by atoms with Crippen LogP contribution in [0, 0.1) is 0 Å². The molecular formula is C11H11NS2. The summed E-state index contributed by atoms with van der Waals surface area (Å²) in [5, 5.41) is 2.08. The Morgan fingerprint density at radius 3 is 2.64 bits per heavy atom. The van der Waals surface area contributed by atoms with E-state index in [1.165, 1.54) is 14.6 Å². The number of hydrogen-bond acceptors (Lipinski definition) is 3. The molecule has 3 heteroatoms. The molecule has 0 fully saturated rings. The molecule has 0 saturated carbocycles. The van der Waals surface area contributed by atoms with Gasteiger partial charge in [0.1, 0.15) is 0 Å². The van der Waals surface area contributed by atoms with Gasteiger partial charge >= 0.3 is 0 Å². The molecule has 72 valence electrons. The molecule has 2 N–H and O–H groups in total. The summed E-state index contributed by atoms with van der Waals surface area (Å²) in [4.78, 5) is 3.78. The Balaban J connectivity index is 2.10. The first kappa shape index (κ1) is 9.65. The van der Waals surface area contributed by atoms with Crippen molar-refractivity contribution in [1.29, 1.82) is 0 Å². The van der Waals surface area contributed by atoms with Crippen molar-refractivity contribution in [2.75, 3.05) is 0 Å². The van der Waals surface area contributed by atoms with Gasteiger partial charge in [0.15, 0.2) is 0 Å². The first-order chi connectivity index (χ1) is 6.88. The Morgan fingerprint density at radius 2 is 2.00 bits per heavy atom. The lowest BCUT2D eigenvalue weighted by Gasteiger charge is -1.85. The lowest BCUT2D eigenvalue weighted by Crippen LogP contribution is -1.90. The summed E-state index contributed by atoms with van der Waals surface area (Å²) in [6, 6.07) is 8.36. The Morgan fingerprint density at radius 1 is 1.14 bits per heavy atom. The van der Waals surface area contributed by atoms with Gasteiger partial charge in [-0.3, -0.25) is 0 Å². The van der Waals surface area contributed by atoms with Gasteiger partial charge in [-0.05, 0) is 35.7 Å². The smallest absolute Gasteiger partial charge is 0.0274 e. The molecule has 14 heavy (non-hydrogen) atoms. The molecule has 2 heterocycles. The summed E-state index contributed by atoms with van der Waals surface area (Å²) < 4.78 is 0. The molecular weight excluding hydrogens is 210 g/mol. The molecule has 0 radical (unpaired) electrons. The first-order valence-electron chi connectivity index (χ1n) is 4.39. The van der Waals surface area contributed by atoms with E-state index in [1.807, 2.05) is 0 Å². The van der Waals surface area contributed by atoms with Crippen LogP contribution in [0.4, 0.5) is 0 Å². The van der Waals surface area contributed by atoms with Gasteiger partial charge in [-0.25, -0.2) is 0 Å². The molecule has 0 saturated heterocycles. The number of hydrogen-bond donors (Lipinski definition) is 1. The summed E-state index contributed by atoms with van der Waals surface area (Å²) in [5.41, 5.74) is 5.54. The van der Waals surface area contributed by atoms with Crippen LogP contribution in [0.15, 0.2) is 29.6 Å². The molecule has 0 aliphatic heterocycles. The highest BCUT2D eigenvalue weighted by molar-refractivity contribution is 7.13. The molecule has 0 atom stereocenters. The lowest BCUT2D eigenvalue weighted by molar-refractivity contribution is 1.11. The van der Waals surface area contributed by atoms with Crippen molar-refractivity contribution < 1.29 is 0 Å². The van der Waals surface area contributed by atoms with Crippen molar-refractivity contribution in [3.63, 3.8) is 0 Å². The monoisotopic (exact) mass is 221 g/mol. The summed E-state index contributed by atoms with van der Waals surface area (Å²) in [6.07, 6.45) is 4.27. The number of thiophene rings is 2. The normalized spacial score (nSPS) is 11.2. The average Bonchev–Trinajstić information content (AvgIpc) is 2.86. The second kappa shape index (κ2) is 4.55. The van der Waals surface area contributed by atoms with Gasteiger partial charge in [-0.15, -0.1) is 22.7 Å². The molecule has 2 aromatic heterocycles. The van der Waals surface area contributed by atoms with Crippen LogP contribution in [0.25, 0.3) is 12.2 Å². The first-order valence-corrected chi connectivity index (χ1v) is 6.08. The van der Waals surface area contributed by atoms with Gasteiger partial charge in [0.2, 0.25) is 0 Å². The summed E-state index contributed by atoms with van der Waals surface area (Å²) in [6.45, 7) is 0.636. The molecule has 0 bridgehead atoms. The number of nitrogens with two attached hydrogens (primary N) is 1. The van der Waals surface area contributed by atoms with Crippen molar-refractivity contribution in [3.05, 3.63) is 44.3 Å². The van der Waals surface area contributed by atoms with E-state index in [2.05, 4.69) is 41.8 Å². The minimum atomic E-state index is 0.636. The maximum absolute atomic E-state index is 5.54. The Kier molecular flexibility index (Phi) is 3.14. The van der Waals surface area contributed by atoms with Crippen LogP contribution in [-0.2, 0) is 6.54 Å². The zero-order valence-electron chi connectivity index (χ0n) is 7.64. The van der Waals surface area contributed by atoms with Gasteiger partial charge < -0.3 is 5.73 Å². The zero-order chi connectivity index (χ0) is 9.80. The van der Waals surface area contributed by atoms with Gasteiger partial charge in [-0.2, -0.15) is 0 Å². The highest BCUT2D eigenvalue weighted by Gasteiger charge is 1.94. The third-order valence-corrected chi connectivity index (χ3v) is 3.75.